The van der Waals surface area contributed by atoms with Crippen LogP contribution in [0.3, 0.4) is 0 Å². The number of rotatable bonds is 6. The molecular weight excluding hydrogens is 273 g/mol. The minimum absolute atomic E-state index is 0.256. The van der Waals surface area contributed by atoms with Crippen LogP contribution in [0.1, 0.15) is 5.56 Å². The molecule has 0 atom stereocenters. The highest BCUT2D eigenvalue weighted by atomic mass is 19.1. The molecule has 21 heavy (non-hydrogen) atoms. The molecule has 5 heteroatoms. The van der Waals surface area contributed by atoms with Crippen LogP contribution in [-0.4, -0.2) is 21.3 Å². The number of hydrogen-bond acceptors (Lipinski definition) is 4. The van der Waals surface area contributed by atoms with Gasteiger partial charge in [0.2, 0.25) is 5.75 Å². The van der Waals surface area contributed by atoms with Gasteiger partial charge in [-0.3, -0.25) is 0 Å². The fourth-order valence-electron chi connectivity index (χ4n) is 2.01. The van der Waals surface area contributed by atoms with E-state index >= 15 is 0 Å². The Kier molecular flexibility index (Phi) is 4.87. The largest absolute Gasteiger partial charge is 0.493 e. The normalized spacial score (nSPS) is 10.1. The Labute approximate surface area is 123 Å². The molecule has 0 amide bonds. The van der Waals surface area contributed by atoms with Gasteiger partial charge < -0.3 is 19.5 Å². The predicted molar refractivity (Wildman–Crippen MR) is 79.8 cm³/mol. The summed E-state index contributed by atoms with van der Waals surface area (Å²) in [7, 11) is 4.72. The Morgan fingerprint density at radius 2 is 1.48 bits per heavy atom. The lowest BCUT2D eigenvalue weighted by atomic mass is 10.1. The molecule has 4 nitrogen and oxygen atoms in total. The fraction of sp³-hybridized carbons (Fsp3) is 0.250. The number of methoxy groups -OCH3 is 3. The van der Waals surface area contributed by atoms with Crippen LogP contribution in [0.4, 0.5) is 10.1 Å². The van der Waals surface area contributed by atoms with Gasteiger partial charge in [0, 0.05) is 12.2 Å². The van der Waals surface area contributed by atoms with Crippen LogP contribution in [0.25, 0.3) is 0 Å². The summed E-state index contributed by atoms with van der Waals surface area (Å²) in [4.78, 5) is 0. The van der Waals surface area contributed by atoms with E-state index in [2.05, 4.69) is 5.32 Å². The molecule has 0 aliphatic carbocycles. The van der Waals surface area contributed by atoms with Crippen molar-refractivity contribution in [2.75, 3.05) is 26.6 Å². The van der Waals surface area contributed by atoms with E-state index in [0.29, 0.717) is 23.8 Å². The smallest absolute Gasteiger partial charge is 0.203 e. The van der Waals surface area contributed by atoms with Crippen molar-refractivity contribution in [3.05, 3.63) is 47.8 Å². The van der Waals surface area contributed by atoms with Crippen LogP contribution in [0, 0.1) is 5.82 Å². The van der Waals surface area contributed by atoms with Crippen LogP contribution >= 0.6 is 0 Å². The summed E-state index contributed by atoms with van der Waals surface area (Å²) in [6.45, 7) is 0.558. The molecular formula is C16H18FNO3. The molecule has 0 radical (unpaired) electrons. The van der Waals surface area contributed by atoms with E-state index in [0.717, 1.165) is 11.3 Å². The van der Waals surface area contributed by atoms with Gasteiger partial charge in [-0.25, -0.2) is 4.39 Å². The standard InChI is InChI=1S/C16H18FNO3/c1-19-14-8-11(9-15(20-2)16(14)21-3)10-18-13-6-4-12(17)5-7-13/h4-9,18H,10H2,1-3H3. The monoisotopic (exact) mass is 291 g/mol. The molecule has 0 spiro atoms. The molecule has 0 aliphatic heterocycles. The molecule has 112 valence electrons. The number of anilines is 1. The van der Waals surface area contributed by atoms with Gasteiger partial charge in [0.1, 0.15) is 5.82 Å². The van der Waals surface area contributed by atoms with Crippen molar-refractivity contribution in [1.82, 2.24) is 0 Å². The average molecular weight is 291 g/mol. The van der Waals surface area contributed by atoms with Crippen LogP contribution in [0.5, 0.6) is 17.2 Å². The van der Waals surface area contributed by atoms with Crippen LogP contribution < -0.4 is 19.5 Å². The highest BCUT2D eigenvalue weighted by Crippen LogP contribution is 2.38. The van der Waals surface area contributed by atoms with E-state index in [1.165, 1.54) is 12.1 Å². The second-order valence-corrected chi connectivity index (χ2v) is 4.39. The molecule has 0 fully saturated rings. The van der Waals surface area contributed by atoms with Crippen LogP contribution in [0.2, 0.25) is 0 Å². The van der Waals surface area contributed by atoms with Crippen molar-refractivity contribution in [3.8, 4) is 17.2 Å². The quantitative estimate of drug-likeness (QED) is 0.884. The van der Waals surface area contributed by atoms with Crippen molar-refractivity contribution in [2.45, 2.75) is 6.54 Å². The third kappa shape index (κ3) is 3.56. The highest BCUT2D eigenvalue weighted by molar-refractivity contribution is 5.54. The van der Waals surface area contributed by atoms with Gasteiger partial charge in [0.15, 0.2) is 11.5 Å². The Morgan fingerprint density at radius 1 is 0.905 bits per heavy atom. The summed E-state index contributed by atoms with van der Waals surface area (Å²) in [5.41, 5.74) is 1.80. The first-order valence-corrected chi connectivity index (χ1v) is 6.46. The maximum absolute atomic E-state index is 12.9. The minimum atomic E-state index is -0.256. The topological polar surface area (TPSA) is 39.7 Å². The van der Waals surface area contributed by atoms with Crippen molar-refractivity contribution < 1.29 is 18.6 Å². The summed E-state index contributed by atoms with van der Waals surface area (Å²) in [5, 5.41) is 3.21. The SMILES string of the molecule is COc1cc(CNc2ccc(F)cc2)cc(OC)c1OC. The van der Waals surface area contributed by atoms with Crippen LogP contribution in [0.15, 0.2) is 36.4 Å². The third-order valence-corrected chi connectivity index (χ3v) is 3.07. The van der Waals surface area contributed by atoms with Crippen molar-refractivity contribution >= 4 is 5.69 Å². The summed E-state index contributed by atoms with van der Waals surface area (Å²) in [6, 6.07) is 9.95. The molecule has 2 aromatic rings. The van der Waals surface area contributed by atoms with E-state index in [-0.39, 0.29) is 5.82 Å². The van der Waals surface area contributed by atoms with Gasteiger partial charge in [0.05, 0.1) is 21.3 Å². The number of hydrogen-bond donors (Lipinski definition) is 1. The molecule has 1 N–H and O–H groups in total. The molecule has 0 aliphatic rings. The van der Waals surface area contributed by atoms with Gasteiger partial charge in [-0.1, -0.05) is 0 Å². The Morgan fingerprint density at radius 3 is 1.95 bits per heavy atom. The van der Waals surface area contributed by atoms with Crippen molar-refractivity contribution in [1.29, 1.82) is 0 Å². The Hall–Kier alpha value is -2.43. The highest BCUT2D eigenvalue weighted by Gasteiger charge is 2.12. The molecule has 0 heterocycles. The number of ether oxygens (including phenoxy) is 3. The lowest BCUT2D eigenvalue weighted by molar-refractivity contribution is 0.324. The third-order valence-electron chi connectivity index (χ3n) is 3.07. The van der Waals surface area contributed by atoms with Gasteiger partial charge in [-0.05, 0) is 42.0 Å². The second-order valence-electron chi connectivity index (χ2n) is 4.39. The first-order chi connectivity index (χ1) is 10.2. The molecule has 0 unspecified atom stereocenters. The summed E-state index contributed by atoms with van der Waals surface area (Å²) in [5.74, 6) is 1.51. The number of benzene rings is 2. The molecule has 0 saturated carbocycles. The molecule has 0 bridgehead atoms. The summed E-state index contributed by atoms with van der Waals surface area (Å²) in [6.07, 6.45) is 0. The molecule has 0 aromatic heterocycles. The van der Waals surface area contributed by atoms with E-state index in [4.69, 9.17) is 14.2 Å². The van der Waals surface area contributed by atoms with Gasteiger partial charge in [-0.2, -0.15) is 0 Å². The zero-order valence-corrected chi connectivity index (χ0v) is 12.3. The summed E-state index contributed by atoms with van der Waals surface area (Å²) < 4.78 is 28.7. The Bertz CT molecular complexity index is 574. The minimum Gasteiger partial charge on any atom is -0.493 e. The van der Waals surface area contributed by atoms with E-state index in [1.807, 2.05) is 12.1 Å². The maximum atomic E-state index is 12.9. The zero-order chi connectivity index (χ0) is 15.2. The van der Waals surface area contributed by atoms with Gasteiger partial charge in [-0.15, -0.1) is 0 Å². The van der Waals surface area contributed by atoms with Crippen molar-refractivity contribution in [3.63, 3.8) is 0 Å². The molecule has 0 saturated heterocycles. The van der Waals surface area contributed by atoms with Crippen molar-refractivity contribution in [2.24, 2.45) is 0 Å². The van der Waals surface area contributed by atoms with Gasteiger partial charge >= 0.3 is 0 Å². The second kappa shape index (κ2) is 6.83. The predicted octanol–water partition coefficient (Wildman–Crippen LogP) is 3.46. The van der Waals surface area contributed by atoms with E-state index in [1.54, 1.807) is 33.5 Å². The number of halogens is 1. The average Bonchev–Trinajstić information content (AvgIpc) is 2.53. The zero-order valence-electron chi connectivity index (χ0n) is 12.3. The molecule has 2 aromatic carbocycles. The van der Waals surface area contributed by atoms with Gasteiger partial charge in [0.25, 0.3) is 0 Å². The molecule has 2 rings (SSSR count). The fourth-order valence-corrected chi connectivity index (χ4v) is 2.01. The first kappa shape index (κ1) is 15.0. The Balaban J connectivity index is 2.18. The summed E-state index contributed by atoms with van der Waals surface area (Å²) >= 11 is 0. The lowest BCUT2D eigenvalue weighted by Gasteiger charge is -2.14. The first-order valence-electron chi connectivity index (χ1n) is 6.46. The van der Waals surface area contributed by atoms with E-state index < -0.39 is 0 Å². The lowest BCUT2D eigenvalue weighted by Crippen LogP contribution is -2.02. The number of nitrogens with one attached hydrogen (secondary N) is 1. The van der Waals surface area contributed by atoms with E-state index in [9.17, 15) is 4.39 Å². The maximum Gasteiger partial charge on any atom is 0.203 e. The van der Waals surface area contributed by atoms with Crippen LogP contribution in [-0.2, 0) is 6.54 Å².